The van der Waals surface area contributed by atoms with Crippen molar-refractivity contribution in [2.45, 2.75) is 19.1 Å². The van der Waals surface area contributed by atoms with Gasteiger partial charge >= 0.3 is 6.18 Å². The largest absolute Gasteiger partial charge is 0.418 e. The number of halogens is 4. The fraction of sp³-hybridized carbons (Fsp3) is 0.200. The van der Waals surface area contributed by atoms with Crippen LogP contribution in [0.2, 0.25) is 5.02 Å². The van der Waals surface area contributed by atoms with E-state index in [1.807, 2.05) is 0 Å². The minimum absolute atomic E-state index is 0.0177. The number of fused-ring (bicyclic) bond motifs is 1. The number of hydrogen-bond donors (Lipinski definition) is 2. The maximum Gasteiger partial charge on any atom is 0.418 e. The Morgan fingerprint density at radius 2 is 1.85 bits per heavy atom. The van der Waals surface area contributed by atoms with E-state index in [-0.39, 0.29) is 16.5 Å². The van der Waals surface area contributed by atoms with Crippen LogP contribution >= 0.6 is 22.9 Å². The van der Waals surface area contributed by atoms with Gasteiger partial charge < -0.3 is 15.2 Å². The predicted octanol–water partition coefficient (Wildman–Crippen LogP) is 4.24. The molecule has 4 heterocycles. The summed E-state index contributed by atoms with van der Waals surface area (Å²) in [5.74, 6) is -1.50. The summed E-state index contributed by atoms with van der Waals surface area (Å²) < 4.78 is 40.8. The zero-order valence-corrected chi connectivity index (χ0v) is 19.1. The van der Waals surface area contributed by atoms with Crippen molar-refractivity contribution in [3.63, 3.8) is 0 Å². The van der Waals surface area contributed by atoms with E-state index in [4.69, 9.17) is 11.6 Å². The molecule has 0 fully saturated rings. The molecule has 34 heavy (non-hydrogen) atoms. The first-order chi connectivity index (χ1) is 16.0. The monoisotopic (exact) mass is 509 g/mol. The summed E-state index contributed by atoms with van der Waals surface area (Å²) in [6, 6.07) is 1.74. The van der Waals surface area contributed by atoms with E-state index in [2.05, 4.69) is 30.6 Å². The Labute approximate surface area is 199 Å². The fourth-order valence-electron chi connectivity index (χ4n) is 2.98. The second-order valence-corrected chi connectivity index (χ2v) is 8.65. The van der Waals surface area contributed by atoms with Gasteiger partial charge in [0.25, 0.3) is 11.8 Å². The fourth-order valence-corrected chi connectivity index (χ4v) is 4.01. The molecule has 0 aromatic carbocycles. The van der Waals surface area contributed by atoms with Gasteiger partial charge in [-0.15, -0.1) is 11.3 Å². The Hall–Kier alpha value is -3.58. The molecule has 14 heteroatoms. The number of thiazole rings is 1. The van der Waals surface area contributed by atoms with Crippen molar-refractivity contribution in [1.29, 1.82) is 0 Å². The van der Waals surface area contributed by atoms with Crippen molar-refractivity contribution in [3.8, 4) is 0 Å². The number of pyridine rings is 2. The predicted molar refractivity (Wildman–Crippen MR) is 119 cm³/mol. The number of aryl methyl sites for hydroxylation is 1. The number of hydrogen-bond acceptors (Lipinski definition) is 7. The van der Waals surface area contributed by atoms with Crippen molar-refractivity contribution < 1.29 is 22.8 Å². The summed E-state index contributed by atoms with van der Waals surface area (Å²) in [5, 5.41) is 4.45. The van der Waals surface area contributed by atoms with Crippen LogP contribution in [-0.2, 0) is 13.2 Å². The summed E-state index contributed by atoms with van der Waals surface area (Å²) in [6.07, 6.45) is 0.626. The third-order valence-corrected chi connectivity index (χ3v) is 6.22. The smallest absolute Gasteiger partial charge is 0.343 e. The molecule has 9 nitrogen and oxygen atoms in total. The summed E-state index contributed by atoms with van der Waals surface area (Å²) >= 11 is 6.52. The van der Waals surface area contributed by atoms with E-state index in [0.717, 1.165) is 23.1 Å². The second kappa shape index (κ2) is 8.99. The maximum absolute atomic E-state index is 13.0. The number of rotatable bonds is 5. The van der Waals surface area contributed by atoms with Gasteiger partial charge in [-0.25, -0.2) is 19.9 Å². The highest BCUT2D eigenvalue weighted by molar-refractivity contribution is 7.13. The molecular weight excluding hydrogens is 495 g/mol. The van der Waals surface area contributed by atoms with E-state index in [9.17, 15) is 22.8 Å². The quantitative estimate of drug-likeness (QED) is 0.416. The molecule has 2 N–H and O–H groups in total. The summed E-state index contributed by atoms with van der Waals surface area (Å²) in [4.78, 5) is 41.6. The average molecular weight is 510 g/mol. The number of carbonyl (C=O) groups excluding carboxylic acids is 2. The van der Waals surface area contributed by atoms with Crippen molar-refractivity contribution in [2.75, 3.05) is 5.32 Å². The van der Waals surface area contributed by atoms with Gasteiger partial charge in [0, 0.05) is 24.3 Å². The van der Waals surface area contributed by atoms with Crippen LogP contribution in [0, 0.1) is 0 Å². The first-order valence-electron chi connectivity index (χ1n) is 9.60. The van der Waals surface area contributed by atoms with E-state index in [0.29, 0.717) is 16.5 Å². The number of nitrogens with zero attached hydrogens (tertiary/aromatic N) is 5. The lowest BCUT2D eigenvalue weighted by molar-refractivity contribution is -0.137. The van der Waals surface area contributed by atoms with Crippen molar-refractivity contribution >= 4 is 51.6 Å². The van der Waals surface area contributed by atoms with Gasteiger partial charge in [0.2, 0.25) is 0 Å². The van der Waals surface area contributed by atoms with Gasteiger partial charge in [-0.2, -0.15) is 13.2 Å². The van der Waals surface area contributed by atoms with Gasteiger partial charge in [0.15, 0.2) is 5.01 Å². The molecule has 0 spiro atoms. The maximum atomic E-state index is 13.0. The van der Waals surface area contributed by atoms with Gasteiger partial charge in [-0.1, -0.05) is 11.6 Å². The Morgan fingerprint density at radius 1 is 1.09 bits per heavy atom. The first-order valence-corrected chi connectivity index (χ1v) is 10.8. The number of imidazole rings is 1. The number of alkyl halides is 3. The molecule has 176 valence electrons. The molecule has 4 rings (SSSR count). The number of nitrogens with one attached hydrogen (secondary N) is 2. The highest BCUT2D eigenvalue weighted by Crippen LogP contribution is 2.35. The van der Waals surface area contributed by atoms with E-state index in [1.165, 1.54) is 12.4 Å². The highest BCUT2D eigenvalue weighted by atomic mass is 35.5. The Morgan fingerprint density at radius 3 is 2.59 bits per heavy atom. The average Bonchev–Trinajstić information content (AvgIpc) is 3.41. The van der Waals surface area contributed by atoms with Crippen LogP contribution in [0.25, 0.3) is 11.0 Å². The van der Waals surface area contributed by atoms with Gasteiger partial charge in [0.1, 0.15) is 17.0 Å². The van der Waals surface area contributed by atoms with Crippen molar-refractivity contribution in [2.24, 2.45) is 7.05 Å². The minimum atomic E-state index is -4.70. The summed E-state index contributed by atoms with van der Waals surface area (Å²) in [6.45, 7) is 1.70. The van der Waals surface area contributed by atoms with Crippen LogP contribution in [0.4, 0.5) is 19.0 Å². The highest BCUT2D eigenvalue weighted by Gasteiger charge is 2.34. The Balaban J connectivity index is 1.44. The number of aromatic nitrogens is 5. The normalized spacial score (nSPS) is 12.5. The lowest BCUT2D eigenvalue weighted by Crippen LogP contribution is -2.27. The molecule has 0 aliphatic rings. The summed E-state index contributed by atoms with van der Waals surface area (Å²) in [7, 11) is 1.80. The van der Waals surface area contributed by atoms with Crippen molar-refractivity contribution in [1.82, 2.24) is 29.8 Å². The molecule has 0 saturated carbocycles. The summed E-state index contributed by atoms with van der Waals surface area (Å²) in [5.41, 5.74) is 0.477. The van der Waals surface area contributed by atoms with Crippen molar-refractivity contribution in [3.05, 3.63) is 63.2 Å². The molecule has 0 bridgehead atoms. The van der Waals surface area contributed by atoms with Crippen LogP contribution in [0.3, 0.4) is 0 Å². The third-order valence-electron chi connectivity index (χ3n) is 4.74. The van der Waals surface area contributed by atoms with E-state index >= 15 is 0 Å². The molecule has 1 atom stereocenters. The van der Waals surface area contributed by atoms with Crippen LogP contribution < -0.4 is 10.6 Å². The lowest BCUT2D eigenvalue weighted by Gasteiger charge is -2.11. The SMILES string of the molecule is CC(NC(=O)c1cc2c(cn1)ncn2C)c1cnc(C(=O)Nc2cc(C(F)(F)F)c(Cl)cn2)s1. The van der Waals surface area contributed by atoms with E-state index in [1.54, 1.807) is 30.9 Å². The molecule has 4 aromatic rings. The molecule has 4 aromatic heterocycles. The van der Waals surface area contributed by atoms with Crippen LogP contribution in [0.15, 0.2) is 37.1 Å². The molecule has 1 unspecified atom stereocenters. The molecular formula is C20H15ClF3N7O2S. The van der Waals surface area contributed by atoms with E-state index < -0.39 is 34.6 Å². The molecule has 0 saturated heterocycles. The van der Waals surface area contributed by atoms with Gasteiger partial charge in [0.05, 0.1) is 34.7 Å². The molecule has 0 aliphatic heterocycles. The molecule has 0 radical (unpaired) electrons. The zero-order valence-electron chi connectivity index (χ0n) is 17.5. The molecule has 0 aliphatic carbocycles. The first kappa shape index (κ1) is 23.6. The number of carbonyl (C=O) groups is 2. The van der Waals surface area contributed by atoms with Gasteiger partial charge in [-0.3, -0.25) is 9.59 Å². The van der Waals surface area contributed by atoms with Crippen LogP contribution in [-0.4, -0.2) is 36.3 Å². The lowest BCUT2D eigenvalue weighted by atomic mass is 10.2. The van der Waals surface area contributed by atoms with Crippen LogP contribution in [0.1, 0.15) is 43.7 Å². The minimum Gasteiger partial charge on any atom is -0.343 e. The molecule has 2 amide bonds. The van der Waals surface area contributed by atoms with Gasteiger partial charge in [-0.05, 0) is 19.1 Å². The van der Waals surface area contributed by atoms with Crippen LogP contribution in [0.5, 0.6) is 0 Å². The topological polar surface area (TPSA) is 115 Å². The second-order valence-electron chi connectivity index (χ2n) is 7.18. The Kier molecular flexibility index (Phi) is 6.23. The Bertz CT molecular complexity index is 1400. The number of anilines is 1. The standard InChI is InChI=1S/C20H15ClF3N7O2S/c1-9(29-17(32)12-4-14-13(6-25-12)28-8-31(14)2)15-7-27-19(34-15)18(33)30-16-3-10(20(22,23)24)11(21)5-26-16/h3-9H,1-2H3,(H,29,32)(H,26,30,33). The third kappa shape index (κ3) is 4.84. The number of amides is 2. The zero-order chi connectivity index (χ0) is 24.6.